The van der Waals surface area contributed by atoms with Gasteiger partial charge >= 0.3 is 5.97 Å². The lowest BCUT2D eigenvalue weighted by Crippen LogP contribution is -2.46. The summed E-state index contributed by atoms with van der Waals surface area (Å²) >= 11 is 0. The lowest BCUT2D eigenvalue weighted by Gasteiger charge is -2.29. The Bertz CT molecular complexity index is 1600. The molecule has 2 unspecified atom stereocenters. The second-order valence-corrected chi connectivity index (χ2v) is 10.5. The maximum atomic E-state index is 12.5. The summed E-state index contributed by atoms with van der Waals surface area (Å²) in [6.07, 6.45) is 4.05. The number of nitrogens with one attached hydrogen (secondary N) is 2. The standard InChI is InChI=1S/C31H34N4O5/c1-18-16-21-10-13-23(40-3)17-24(21)30(32-18)33-22-11-8-20(9-12-22)19(2)25(31(38)39)34-26-27(29(37)28(26)36)35-14-6-4-5-7-15-35/h8-13,16-17,19,25,34H,4-7,14-15H2,1-3H3,(H,32,33)(H,38,39). The van der Waals surface area contributed by atoms with Crippen LogP contribution in [-0.4, -0.2) is 42.3 Å². The summed E-state index contributed by atoms with van der Waals surface area (Å²) in [6.45, 7) is 5.12. The molecule has 208 valence electrons. The first-order valence-corrected chi connectivity index (χ1v) is 13.7. The van der Waals surface area contributed by atoms with Gasteiger partial charge in [-0.25, -0.2) is 9.78 Å². The second-order valence-electron chi connectivity index (χ2n) is 10.5. The fourth-order valence-electron chi connectivity index (χ4n) is 5.45. The highest BCUT2D eigenvalue weighted by molar-refractivity contribution is 5.94. The minimum Gasteiger partial charge on any atom is -0.497 e. The van der Waals surface area contributed by atoms with Crippen LogP contribution in [0.15, 0.2) is 58.1 Å². The topological polar surface area (TPSA) is 121 Å². The molecule has 1 aliphatic heterocycles. The highest BCUT2D eigenvalue weighted by Crippen LogP contribution is 2.31. The lowest BCUT2D eigenvalue weighted by molar-refractivity contribution is -0.138. The quantitative estimate of drug-likeness (QED) is 0.253. The van der Waals surface area contributed by atoms with Crippen molar-refractivity contribution in [2.45, 2.75) is 51.5 Å². The minimum absolute atomic E-state index is 0.122. The Morgan fingerprint density at radius 3 is 2.35 bits per heavy atom. The summed E-state index contributed by atoms with van der Waals surface area (Å²) < 4.78 is 5.39. The number of ether oxygens (including phenoxy) is 1. The van der Waals surface area contributed by atoms with Gasteiger partial charge in [0.25, 0.3) is 10.9 Å². The predicted molar refractivity (Wildman–Crippen MR) is 158 cm³/mol. The molecule has 2 heterocycles. The predicted octanol–water partition coefficient (Wildman–Crippen LogP) is 4.94. The van der Waals surface area contributed by atoms with Crippen LogP contribution in [0, 0.1) is 6.92 Å². The van der Waals surface area contributed by atoms with Crippen LogP contribution in [0.5, 0.6) is 5.75 Å². The zero-order chi connectivity index (χ0) is 28.4. The number of pyridine rings is 1. The summed E-state index contributed by atoms with van der Waals surface area (Å²) in [7, 11) is 1.63. The van der Waals surface area contributed by atoms with Crippen LogP contribution in [0.1, 0.15) is 49.8 Å². The zero-order valence-electron chi connectivity index (χ0n) is 23.0. The van der Waals surface area contributed by atoms with Crippen LogP contribution >= 0.6 is 0 Å². The Morgan fingerprint density at radius 2 is 1.70 bits per heavy atom. The number of carbonyl (C=O) groups is 1. The average molecular weight is 543 g/mol. The number of benzene rings is 2. The van der Waals surface area contributed by atoms with E-state index in [-0.39, 0.29) is 5.69 Å². The Kier molecular flexibility index (Phi) is 7.73. The van der Waals surface area contributed by atoms with E-state index in [2.05, 4.69) is 15.6 Å². The molecule has 1 saturated heterocycles. The molecule has 1 aromatic heterocycles. The molecule has 9 heteroatoms. The number of aromatic nitrogens is 1. The SMILES string of the molecule is COc1ccc2cc(C)nc(Nc3ccc(C(C)C(Nc4c(N5CCCCCC5)c(=O)c4=O)C(=O)O)cc3)c2c1. The van der Waals surface area contributed by atoms with Crippen LogP contribution < -0.4 is 31.1 Å². The molecule has 3 N–H and O–H groups in total. The normalized spacial score (nSPS) is 15.4. The van der Waals surface area contributed by atoms with Crippen molar-refractivity contribution in [2.75, 3.05) is 35.7 Å². The highest BCUT2D eigenvalue weighted by Gasteiger charge is 2.33. The van der Waals surface area contributed by atoms with Crippen LogP contribution in [0.25, 0.3) is 10.8 Å². The number of hydrogen-bond acceptors (Lipinski definition) is 8. The van der Waals surface area contributed by atoms with Gasteiger partial charge in [0.1, 0.15) is 29.0 Å². The van der Waals surface area contributed by atoms with Crippen LogP contribution in [0.2, 0.25) is 0 Å². The van der Waals surface area contributed by atoms with Gasteiger partial charge in [0, 0.05) is 35.8 Å². The summed E-state index contributed by atoms with van der Waals surface area (Å²) in [4.78, 5) is 43.8. The third-order valence-corrected chi connectivity index (χ3v) is 7.74. The van der Waals surface area contributed by atoms with Gasteiger partial charge in [-0.3, -0.25) is 9.59 Å². The summed E-state index contributed by atoms with van der Waals surface area (Å²) in [5.74, 6) is -0.136. The monoisotopic (exact) mass is 542 g/mol. The highest BCUT2D eigenvalue weighted by atomic mass is 16.5. The molecule has 9 nitrogen and oxygen atoms in total. The van der Waals surface area contributed by atoms with E-state index in [1.807, 2.05) is 60.4 Å². The number of aryl methyl sites for hydroxylation is 1. The lowest BCUT2D eigenvalue weighted by atomic mass is 9.92. The van der Waals surface area contributed by atoms with Crippen LogP contribution in [-0.2, 0) is 4.79 Å². The molecule has 0 spiro atoms. The van der Waals surface area contributed by atoms with E-state index in [9.17, 15) is 19.5 Å². The van der Waals surface area contributed by atoms with E-state index in [4.69, 9.17) is 4.74 Å². The molecule has 5 rings (SSSR count). The Labute approximate surface area is 232 Å². The number of carboxylic acids is 1. The van der Waals surface area contributed by atoms with Gasteiger partial charge in [0.05, 0.1) is 7.11 Å². The zero-order valence-corrected chi connectivity index (χ0v) is 23.0. The van der Waals surface area contributed by atoms with Gasteiger partial charge in [-0.1, -0.05) is 38.0 Å². The van der Waals surface area contributed by atoms with Crippen molar-refractivity contribution < 1.29 is 14.6 Å². The van der Waals surface area contributed by atoms with Crippen LogP contribution in [0.3, 0.4) is 0 Å². The van der Waals surface area contributed by atoms with E-state index in [0.29, 0.717) is 24.6 Å². The number of fused-ring (bicyclic) bond motifs is 1. The maximum Gasteiger partial charge on any atom is 0.326 e. The molecular formula is C31H34N4O5. The summed E-state index contributed by atoms with van der Waals surface area (Å²) in [6, 6.07) is 14.2. The first kappa shape index (κ1) is 27.2. The Balaban J connectivity index is 1.36. The first-order valence-electron chi connectivity index (χ1n) is 13.7. The third kappa shape index (κ3) is 5.36. The van der Waals surface area contributed by atoms with Crippen molar-refractivity contribution in [3.63, 3.8) is 0 Å². The molecule has 0 aliphatic carbocycles. The first-order chi connectivity index (χ1) is 19.3. The van der Waals surface area contributed by atoms with Gasteiger partial charge < -0.3 is 25.4 Å². The Morgan fingerprint density at radius 1 is 1.00 bits per heavy atom. The van der Waals surface area contributed by atoms with Crippen molar-refractivity contribution in [2.24, 2.45) is 0 Å². The molecule has 4 aromatic rings. The van der Waals surface area contributed by atoms with Gasteiger partial charge in [-0.15, -0.1) is 0 Å². The number of methoxy groups -OCH3 is 1. The van der Waals surface area contributed by atoms with E-state index in [1.165, 1.54) is 0 Å². The maximum absolute atomic E-state index is 12.5. The fraction of sp³-hybridized carbons (Fsp3) is 0.355. The number of rotatable bonds is 9. The van der Waals surface area contributed by atoms with E-state index in [1.54, 1.807) is 14.0 Å². The number of hydrogen-bond donors (Lipinski definition) is 3. The molecule has 3 aromatic carbocycles. The molecular weight excluding hydrogens is 508 g/mol. The van der Waals surface area contributed by atoms with Gasteiger partial charge in [0.15, 0.2) is 0 Å². The van der Waals surface area contributed by atoms with Gasteiger partial charge in [-0.2, -0.15) is 0 Å². The molecule has 0 bridgehead atoms. The van der Waals surface area contributed by atoms with Crippen molar-refractivity contribution in [1.82, 2.24) is 4.98 Å². The van der Waals surface area contributed by atoms with E-state index in [0.717, 1.165) is 59.2 Å². The largest absolute Gasteiger partial charge is 0.497 e. The molecule has 40 heavy (non-hydrogen) atoms. The van der Waals surface area contributed by atoms with Gasteiger partial charge in [0.2, 0.25) is 0 Å². The van der Waals surface area contributed by atoms with E-state index < -0.39 is 28.8 Å². The fourth-order valence-corrected chi connectivity index (χ4v) is 5.45. The molecule has 0 radical (unpaired) electrons. The van der Waals surface area contributed by atoms with E-state index >= 15 is 0 Å². The number of anilines is 4. The summed E-state index contributed by atoms with van der Waals surface area (Å²) in [5.41, 5.74) is 1.72. The minimum atomic E-state index is -1.09. The smallest absolute Gasteiger partial charge is 0.326 e. The molecule has 1 aliphatic rings. The molecule has 2 atom stereocenters. The molecule has 0 saturated carbocycles. The second kappa shape index (κ2) is 11.4. The number of nitrogens with zero attached hydrogens (tertiary/aromatic N) is 2. The van der Waals surface area contributed by atoms with Gasteiger partial charge in [-0.05, 0) is 61.0 Å². The Hall–Kier alpha value is -4.40. The van der Waals surface area contributed by atoms with Crippen LogP contribution in [0.4, 0.5) is 22.9 Å². The van der Waals surface area contributed by atoms with Crippen molar-refractivity contribution in [3.8, 4) is 5.75 Å². The molecule has 0 amide bonds. The third-order valence-electron chi connectivity index (χ3n) is 7.74. The van der Waals surface area contributed by atoms with Crippen molar-refractivity contribution in [1.29, 1.82) is 0 Å². The average Bonchev–Trinajstić information content (AvgIpc) is 3.23. The summed E-state index contributed by atoms with van der Waals surface area (Å²) in [5, 5.41) is 18.3. The van der Waals surface area contributed by atoms with Crippen molar-refractivity contribution >= 4 is 39.6 Å². The number of aliphatic carboxylic acids is 1. The van der Waals surface area contributed by atoms with Crippen molar-refractivity contribution in [3.05, 3.63) is 80.2 Å². The molecule has 1 fully saturated rings. The number of carboxylic acid groups (broad SMARTS) is 1.